The van der Waals surface area contributed by atoms with Gasteiger partial charge < -0.3 is 10.6 Å². The summed E-state index contributed by atoms with van der Waals surface area (Å²) in [5.74, 6) is 0.0906. The Morgan fingerprint density at radius 3 is 2.78 bits per heavy atom. The van der Waals surface area contributed by atoms with Gasteiger partial charge in [0.1, 0.15) is 5.82 Å². The number of nitrogens with two attached hydrogens (primary N) is 1. The monoisotopic (exact) mass is 243 g/mol. The molecule has 6 nitrogen and oxygen atoms in total. The molecule has 0 bridgehead atoms. The molecule has 2 heterocycles. The molecule has 2 N–H and O–H groups in total. The lowest BCUT2D eigenvalue weighted by Crippen LogP contribution is -2.27. The molecule has 0 aromatic carbocycles. The molecule has 0 atom stereocenters. The van der Waals surface area contributed by atoms with E-state index in [2.05, 4.69) is 15.2 Å². The van der Waals surface area contributed by atoms with Crippen LogP contribution in [0.3, 0.4) is 0 Å². The first kappa shape index (κ1) is 12.0. The zero-order chi connectivity index (χ0) is 13.0. The Kier molecular flexibility index (Phi) is 3.47. The number of nitrogen functional groups attached to an aromatic ring is 1. The van der Waals surface area contributed by atoms with Gasteiger partial charge in [-0.2, -0.15) is 0 Å². The van der Waals surface area contributed by atoms with Gasteiger partial charge in [0.25, 0.3) is 5.91 Å². The minimum atomic E-state index is -0.202. The maximum atomic E-state index is 12.0. The molecule has 18 heavy (non-hydrogen) atoms. The molecule has 0 saturated heterocycles. The number of hydrogen-bond donors (Lipinski definition) is 1. The molecule has 6 heteroatoms. The summed E-state index contributed by atoms with van der Waals surface area (Å²) in [6, 6.07) is 6.85. The van der Waals surface area contributed by atoms with Crippen molar-refractivity contribution in [3.63, 3.8) is 0 Å². The van der Waals surface area contributed by atoms with Gasteiger partial charge in [-0.3, -0.25) is 9.78 Å². The van der Waals surface area contributed by atoms with Crippen molar-refractivity contribution in [2.45, 2.75) is 6.54 Å². The fourth-order valence-corrected chi connectivity index (χ4v) is 1.49. The van der Waals surface area contributed by atoms with Gasteiger partial charge in [-0.15, -0.1) is 10.2 Å². The number of hydrogen-bond acceptors (Lipinski definition) is 5. The Balaban J connectivity index is 2.07. The summed E-state index contributed by atoms with van der Waals surface area (Å²) < 4.78 is 0. The molecule has 0 unspecified atom stereocenters. The van der Waals surface area contributed by atoms with E-state index in [1.807, 2.05) is 12.1 Å². The van der Waals surface area contributed by atoms with E-state index >= 15 is 0 Å². The lowest BCUT2D eigenvalue weighted by molar-refractivity contribution is 0.0778. The third-order valence-corrected chi connectivity index (χ3v) is 2.39. The Labute approximate surface area is 104 Å². The number of amides is 1. The third kappa shape index (κ3) is 2.79. The summed E-state index contributed by atoms with van der Waals surface area (Å²) in [4.78, 5) is 17.6. The summed E-state index contributed by atoms with van der Waals surface area (Å²) in [6.07, 6.45) is 3.41. The molecule has 2 aromatic heterocycles. The van der Waals surface area contributed by atoms with Crippen LogP contribution in [-0.2, 0) is 6.54 Å². The minimum absolute atomic E-state index is 0.202. The molecule has 0 aliphatic rings. The van der Waals surface area contributed by atoms with Crippen molar-refractivity contribution in [3.8, 4) is 0 Å². The molecule has 0 radical (unpaired) electrons. The highest BCUT2D eigenvalue weighted by atomic mass is 16.2. The van der Waals surface area contributed by atoms with Crippen molar-refractivity contribution >= 4 is 11.7 Å². The highest BCUT2D eigenvalue weighted by Crippen LogP contribution is 2.06. The van der Waals surface area contributed by atoms with E-state index in [-0.39, 0.29) is 11.6 Å². The van der Waals surface area contributed by atoms with Crippen molar-refractivity contribution < 1.29 is 4.79 Å². The number of rotatable bonds is 3. The lowest BCUT2D eigenvalue weighted by Gasteiger charge is -2.16. The van der Waals surface area contributed by atoms with Crippen LogP contribution < -0.4 is 5.73 Å². The summed E-state index contributed by atoms with van der Waals surface area (Å²) in [7, 11) is 1.70. The van der Waals surface area contributed by atoms with Gasteiger partial charge in [0.05, 0.1) is 0 Å². The number of aromatic nitrogens is 3. The van der Waals surface area contributed by atoms with Crippen LogP contribution in [0, 0.1) is 0 Å². The van der Waals surface area contributed by atoms with Gasteiger partial charge in [0.2, 0.25) is 0 Å². The zero-order valence-corrected chi connectivity index (χ0v) is 9.95. The van der Waals surface area contributed by atoms with Gasteiger partial charge in [-0.25, -0.2) is 0 Å². The Morgan fingerprint density at radius 2 is 2.17 bits per heavy atom. The van der Waals surface area contributed by atoms with Gasteiger partial charge in [-0.05, 0) is 23.8 Å². The molecule has 2 aromatic rings. The molecule has 0 aliphatic heterocycles. The number of carbonyl (C=O) groups excluding carboxylic acids is 1. The molecule has 0 saturated carbocycles. The van der Waals surface area contributed by atoms with Crippen molar-refractivity contribution in [1.29, 1.82) is 0 Å². The molecule has 0 spiro atoms. The first-order valence-electron chi connectivity index (χ1n) is 5.40. The zero-order valence-electron chi connectivity index (χ0n) is 9.95. The van der Waals surface area contributed by atoms with E-state index in [0.717, 1.165) is 5.56 Å². The molecular weight excluding hydrogens is 230 g/mol. The fourth-order valence-electron chi connectivity index (χ4n) is 1.49. The molecule has 2 rings (SSSR count). The highest BCUT2D eigenvalue weighted by Gasteiger charge is 2.13. The second-order valence-corrected chi connectivity index (χ2v) is 3.87. The summed E-state index contributed by atoms with van der Waals surface area (Å²) >= 11 is 0. The predicted molar refractivity (Wildman–Crippen MR) is 66.5 cm³/mol. The second-order valence-electron chi connectivity index (χ2n) is 3.87. The smallest absolute Gasteiger partial charge is 0.274 e. The quantitative estimate of drug-likeness (QED) is 0.858. The van der Waals surface area contributed by atoms with E-state index in [4.69, 9.17) is 5.73 Å². The fraction of sp³-hybridized carbons (Fsp3) is 0.167. The Hall–Kier alpha value is -2.50. The van der Waals surface area contributed by atoms with E-state index in [1.165, 1.54) is 0 Å². The van der Waals surface area contributed by atoms with Gasteiger partial charge in [0, 0.05) is 26.0 Å². The summed E-state index contributed by atoms with van der Waals surface area (Å²) in [6.45, 7) is 0.471. The van der Waals surface area contributed by atoms with Crippen LogP contribution in [0.5, 0.6) is 0 Å². The van der Waals surface area contributed by atoms with Crippen LogP contribution in [0.15, 0.2) is 36.7 Å². The minimum Gasteiger partial charge on any atom is -0.382 e. The van der Waals surface area contributed by atoms with Crippen LogP contribution >= 0.6 is 0 Å². The van der Waals surface area contributed by atoms with Crippen LogP contribution in [0.25, 0.3) is 0 Å². The van der Waals surface area contributed by atoms with E-state index in [1.54, 1.807) is 36.5 Å². The highest BCUT2D eigenvalue weighted by molar-refractivity contribution is 5.92. The Morgan fingerprint density at radius 1 is 1.33 bits per heavy atom. The largest absolute Gasteiger partial charge is 0.382 e. The van der Waals surface area contributed by atoms with Crippen LogP contribution in [0.1, 0.15) is 16.1 Å². The van der Waals surface area contributed by atoms with Gasteiger partial charge in [0.15, 0.2) is 5.69 Å². The van der Waals surface area contributed by atoms with Crippen LogP contribution in [0.4, 0.5) is 5.82 Å². The normalized spacial score (nSPS) is 10.1. The lowest BCUT2D eigenvalue weighted by atomic mass is 10.2. The molecule has 0 fully saturated rings. The van der Waals surface area contributed by atoms with Crippen LogP contribution in [0.2, 0.25) is 0 Å². The van der Waals surface area contributed by atoms with Gasteiger partial charge in [-0.1, -0.05) is 6.07 Å². The van der Waals surface area contributed by atoms with Crippen molar-refractivity contribution in [2.75, 3.05) is 12.8 Å². The summed E-state index contributed by atoms with van der Waals surface area (Å²) in [5, 5.41) is 7.42. The molecule has 0 aliphatic carbocycles. The third-order valence-electron chi connectivity index (χ3n) is 2.39. The number of carbonyl (C=O) groups is 1. The first-order valence-corrected chi connectivity index (χ1v) is 5.40. The maximum absolute atomic E-state index is 12.0. The topological polar surface area (TPSA) is 85.0 Å². The average molecular weight is 243 g/mol. The van der Waals surface area contributed by atoms with Crippen molar-refractivity contribution in [1.82, 2.24) is 20.1 Å². The van der Waals surface area contributed by atoms with Crippen molar-refractivity contribution in [3.05, 3.63) is 47.9 Å². The van der Waals surface area contributed by atoms with E-state index in [9.17, 15) is 4.79 Å². The second kappa shape index (κ2) is 5.22. The number of anilines is 1. The predicted octanol–water partition coefficient (Wildman–Crippen LogP) is 0.726. The SMILES string of the molecule is CN(Cc1cccnc1)C(=O)c1ccc(N)nn1. The van der Waals surface area contributed by atoms with E-state index < -0.39 is 0 Å². The first-order chi connectivity index (χ1) is 8.66. The van der Waals surface area contributed by atoms with E-state index in [0.29, 0.717) is 12.4 Å². The standard InChI is InChI=1S/C12H13N5O/c1-17(8-9-3-2-6-14-7-9)12(18)10-4-5-11(13)16-15-10/h2-7H,8H2,1H3,(H2,13,16). The average Bonchev–Trinajstić information content (AvgIpc) is 2.40. The molecular formula is C12H13N5O. The molecule has 1 amide bonds. The molecule has 92 valence electrons. The number of pyridine rings is 1. The number of nitrogens with zero attached hydrogens (tertiary/aromatic N) is 4. The van der Waals surface area contributed by atoms with Crippen LogP contribution in [-0.4, -0.2) is 33.0 Å². The summed E-state index contributed by atoms with van der Waals surface area (Å²) in [5.41, 5.74) is 6.65. The van der Waals surface area contributed by atoms with Gasteiger partial charge >= 0.3 is 0 Å². The Bertz CT molecular complexity index is 526. The maximum Gasteiger partial charge on any atom is 0.274 e. The van der Waals surface area contributed by atoms with Crippen molar-refractivity contribution in [2.24, 2.45) is 0 Å².